The fraction of sp³-hybridized carbons (Fsp3) is 0.333. The summed E-state index contributed by atoms with van der Waals surface area (Å²) >= 11 is 3.41. The molecule has 0 N–H and O–H groups in total. The lowest BCUT2D eigenvalue weighted by Crippen LogP contribution is -1.95. The predicted molar refractivity (Wildman–Crippen MR) is 72.6 cm³/mol. The molecule has 0 unspecified atom stereocenters. The van der Waals surface area contributed by atoms with Crippen molar-refractivity contribution in [2.45, 2.75) is 11.3 Å². The standard InChI is InChI=1S/C12H14N2OS2/c1-2-15-6-7-16-12-14-11(9-17-12)10-4-3-5-13-8-10/h3-5,8-9H,2,6-7H2,1H3. The van der Waals surface area contributed by atoms with Gasteiger partial charge in [-0.2, -0.15) is 0 Å². The molecule has 2 aromatic heterocycles. The first-order chi connectivity index (χ1) is 8.40. The van der Waals surface area contributed by atoms with Gasteiger partial charge in [0.15, 0.2) is 4.34 Å². The minimum absolute atomic E-state index is 0.777. The highest BCUT2D eigenvalue weighted by atomic mass is 32.2. The second-order valence-corrected chi connectivity index (χ2v) is 5.49. The monoisotopic (exact) mass is 266 g/mol. The van der Waals surface area contributed by atoms with E-state index in [1.807, 2.05) is 25.3 Å². The van der Waals surface area contributed by atoms with E-state index in [1.165, 1.54) is 0 Å². The zero-order valence-electron chi connectivity index (χ0n) is 9.63. The number of aromatic nitrogens is 2. The van der Waals surface area contributed by atoms with E-state index >= 15 is 0 Å². The van der Waals surface area contributed by atoms with E-state index in [0.717, 1.165) is 34.6 Å². The van der Waals surface area contributed by atoms with Gasteiger partial charge in [0.1, 0.15) is 0 Å². The number of ether oxygens (including phenoxy) is 1. The molecule has 2 aromatic rings. The van der Waals surface area contributed by atoms with Gasteiger partial charge in [-0.3, -0.25) is 4.98 Å². The summed E-state index contributed by atoms with van der Waals surface area (Å²) < 4.78 is 6.38. The molecule has 0 aliphatic rings. The minimum Gasteiger partial charge on any atom is -0.381 e. The van der Waals surface area contributed by atoms with Crippen LogP contribution in [0.2, 0.25) is 0 Å². The zero-order valence-corrected chi connectivity index (χ0v) is 11.3. The summed E-state index contributed by atoms with van der Waals surface area (Å²) in [5, 5.41) is 2.07. The number of hydrogen-bond donors (Lipinski definition) is 0. The van der Waals surface area contributed by atoms with Crippen LogP contribution in [0.5, 0.6) is 0 Å². The van der Waals surface area contributed by atoms with Gasteiger partial charge in [-0.05, 0) is 19.1 Å². The quantitative estimate of drug-likeness (QED) is 0.593. The average molecular weight is 266 g/mol. The summed E-state index contributed by atoms with van der Waals surface area (Å²) in [6.45, 7) is 3.57. The predicted octanol–water partition coefficient (Wildman–Crippen LogP) is 3.33. The van der Waals surface area contributed by atoms with Crippen molar-refractivity contribution in [1.29, 1.82) is 0 Å². The highest BCUT2D eigenvalue weighted by Crippen LogP contribution is 2.27. The molecule has 0 atom stereocenters. The molecule has 0 saturated carbocycles. The van der Waals surface area contributed by atoms with Gasteiger partial charge in [0.2, 0.25) is 0 Å². The molecular weight excluding hydrogens is 252 g/mol. The van der Waals surface area contributed by atoms with Crippen LogP contribution in [-0.4, -0.2) is 28.9 Å². The molecule has 0 fully saturated rings. The molecule has 3 nitrogen and oxygen atoms in total. The van der Waals surface area contributed by atoms with Crippen molar-refractivity contribution in [2.75, 3.05) is 19.0 Å². The summed E-state index contributed by atoms with van der Waals surface area (Å²) in [7, 11) is 0. The van der Waals surface area contributed by atoms with Crippen LogP contribution in [0.1, 0.15) is 6.92 Å². The Morgan fingerprint density at radius 3 is 3.18 bits per heavy atom. The molecule has 0 bridgehead atoms. The van der Waals surface area contributed by atoms with Crippen molar-refractivity contribution in [2.24, 2.45) is 0 Å². The Balaban J connectivity index is 1.92. The Hall–Kier alpha value is -0.910. The summed E-state index contributed by atoms with van der Waals surface area (Å²) in [4.78, 5) is 8.66. The normalized spacial score (nSPS) is 10.6. The summed E-state index contributed by atoms with van der Waals surface area (Å²) in [5.41, 5.74) is 2.07. The Bertz CT molecular complexity index is 445. The summed E-state index contributed by atoms with van der Waals surface area (Å²) in [5.74, 6) is 0.952. The number of thiazole rings is 1. The maximum Gasteiger partial charge on any atom is 0.150 e. The second kappa shape index (κ2) is 6.74. The molecule has 0 spiro atoms. The molecule has 2 rings (SSSR count). The van der Waals surface area contributed by atoms with E-state index in [9.17, 15) is 0 Å². The van der Waals surface area contributed by atoms with Crippen LogP contribution >= 0.6 is 23.1 Å². The maximum absolute atomic E-state index is 5.29. The van der Waals surface area contributed by atoms with Gasteiger partial charge in [-0.1, -0.05) is 11.8 Å². The number of nitrogens with zero attached hydrogens (tertiary/aromatic N) is 2. The minimum atomic E-state index is 0.777. The van der Waals surface area contributed by atoms with Crippen molar-refractivity contribution in [1.82, 2.24) is 9.97 Å². The van der Waals surface area contributed by atoms with Crippen molar-refractivity contribution in [3.8, 4) is 11.3 Å². The Morgan fingerprint density at radius 2 is 2.41 bits per heavy atom. The van der Waals surface area contributed by atoms with E-state index in [2.05, 4.69) is 15.3 Å². The highest BCUT2D eigenvalue weighted by Gasteiger charge is 2.04. The third-order valence-corrected chi connectivity index (χ3v) is 4.08. The van der Waals surface area contributed by atoms with Crippen molar-refractivity contribution in [3.05, 3.63) is 29.9 Å². The molecule has 0 radical (unpaired) electrons. The zero-order chi connectivity index (χ0) is 11.9. The molecule has 0 aromatic carbocycles. The number of pyridine rings is 1. The smallest absolute Gasteiger partial charge is 0.150 e. The molecule has 0 aliphatic carbocycles. The van der Waals surface area contributed by atoms with Crippen LogP contribution in [0.25, 0.3) is 11.3 Å². The topological polar surface area (TPSA) is 35.0 Å². The van der Waals surface area contributed by atoms with Crippen molar-refractivity contribution in [3.63, 3.8) is 0 Å². The lowest BCUT2D eigenvalue weighted by molar-refractivity contribution is 0.164. The van der Waals surface area contributed by atoms with E-state index in [4.69, 9.17) is 4.74 Å². The van der Waals surface area contributed by atoms with Crippen LogP contribution in [-0.2, 0) is 4.74 Å². The Morgan fingerprint density at radius 1 is 1.47 bits per heavy atom. The van der Waals surface area contributed by atoms with Gasteiger partial charge >= 0.3 is 0 Å². The molecule has 17 heavy (non-hydrogen) atoms. The maximum atomic E-state index is 5.29. The molecule has 0 aliphatic heterocycles. The van der Waals surface area contributed by atoms with E-state index in [1.54, 1.807) is 29.3 Å². The van der Waals surface area contributed by atoms with E-state index in [-0.39, 0.29) is 0 Å². The molecular formula is C12H14N2OS2. The Labute approximate surface area is 109 Å². The molecule has 0 saturated heterocycles. The van der Waals surface area contributed by atoms with Gasteiger partial charge < -0.3 is 4.74 Å². The first kappa shape index (κ1) is 12.5. The molecule has 5 heteroatoms. The fourth-order valence-electron chi connectivity index (χ4n) is 1.30. The van der Waals surface area contributed by atoms with Gasteiger partial charge in [-0.25, -0.2) is 4.98 Å². The number of hydrogen-bond acceptors (Lipinski definition) is 5. The molecule has 2 heterocycles. The molecule has 0 amide bonds. The number of rotatable bonds is 6. The van der Waals surface area contributed by atoms with Crippen LogP contribution < -0.4 is 0 Å². The van der Waals surface area contributed by atoms with Gasteiger partial charge in [0.25, 0.3) is 0 Å². The average Bonchev–Trinajstić information content (AvgIpc) is 2.85. The van der Waals surface area contributed by atoms with Crippen LogP contribution in [0.3, 0.4) is 0 Å². The first-order valence-corrected chi connectivity index (χ1v) is 7.33. The second-order valence-electron chi connectivity index (χ2n) is 3.29. The van der Waals surface area contributed by atoms with Gasteiger partial charge in [0.05, 0.1) is 12.3 Å². The van der Waals surface area contributed by atoms with Crippen LogP contribution in [0.4, 0.5) is 0 Å². The highest BCUT2D eigenvalue weighted by molar-refractivity contribution is 8.01. The Kier molecular flexibility index (Phi) is 4.97. The SMILES string of the molecule is CCOCCSc1nc(-c2cccnc2)cs1. The van der Waals surface area contributed by atoms with Crippen LogP contribution in [0, 0.1) is 0 Å². The van der Waals surface area contributed by atoms with E-state index < -0.39 is 0 Å². The van der Waals surface area contributed by atoms with E-state index in [0.29, 0.717) is 0 Å². The fourth-order valence-corrected chi connectivity index (χ4v) is 3.06. The summed E-state index contributed by atoms with van der Waals surface area (Å²) in [6.07, 6.45) is 3.61. The molecule has 90 valence electrons. The van der Waals surface area contributed by atoms with Gasteiger partial charge in [0, 0.05) is 35.7 Å². The number of thioether (sulfide) groups is 1. The van der Waals surface area contributed by atoms with Crippen molar-refractivity contribution >= 4 is 23.1 Å². The lowest BCUT2D eigenvalue weighted by Gasteiger charge is -1.98. The van der Waals surface area contributed by atoms with Crippen LogP contribution in [0.15, 0.2) is 34.2 Å². The first-order valence-electron chi connectivity index (χ1n) is 5.46. The lowest BCUT2D eigenvalue weighted by atomic mass is 10.2. The third-order valence-electron chi connectivity index (χ3n) is 2.10. The van der Waals surface area contributed by atoms with Gasteiger partial charge in [-0.15, -0.1) is 11.3 Å². The van der Waals surface area contributed by atoms with Crippen molar-refractivity contribution < 1.29 is 4.74 Å². The largest absolute Gasteiger partial charge is 0.381 e. The third kappa shape index (κ3) is 3.80. The summed E-state index contributed by atoms with van der Waals surface area (Å²) in [6, 6.07) is 3.95.